The number of hydrogen-bond acceptors (Lipinski definition) is 4. The van der Waals surface area contributed by atoms with E-state index in [4.69, 9.17) is 16.3 Å². The van der Waals surface area contributed by atoms with Crippen LogP contribution in [0, 0.1) is 0 Å². The van der Waals surface area contributed by atoms with Gasteiger partial charge in [0.15, 0.2) is 0 Å². The summed E-state index contributed by atoms with van der Waals surface area (Å²) in [7, 11) is -2.48. The van der Waals surface area contributed by atoms with Gasteiger partial charge in [-0.25, -0.2) is 13.4 Å². The molecular weight excluding hydrogens is 398 g/mol. The van der Waals surface area contributed by atoms with Gasteiger partial charge in [0.25, 0.3) is 10.0 Å². The van der Waals surface area contributed by atoms with Gasteiger partial charge in [0.05, 0.1) is 12.8 Å². The van der Waals surface area contributed by atoms with Crippen LogP contribution in [0.5, 0.6) is 5.75 Å². The SMILES string of the molecule is COc1ccc(Cl)cc1S(=O)(=O)Nc1cccc(-c2cn3ccccc3n2)c1. The second-order valence-corrected chi connectivity index (χ2v) is 8.16. The van der Waals surface area contributed by atoms with Crippen LogP contribution in [0.15, 0.2) is 78.0 Å². The lowest BCUT2D eigenvalue weighted by Crippen LogP contribution is -2.14. The number of ether oxygens (including phenoxy) is 1. The number of nitrogens with one attached hydrogen (secondary N) is 1. The summed E-state index contributed by atoms with van der Waals surface area (Å²) in [5, 5.41) is 0.305. The van der Waals surface area contributed by atoms with Crippen molar-refractivity contribution in [3.8, 4) is 17.0 Å². The molecule has 0 unspecified atom stereocenters. The van der Waals surface area contributed by atoms with Gasteiger partial charge in [-0.2, -0.15) is 0 Å². The van der Waals surface area contributed by atoms with E-state index in [9.17, 15) is 8.42 Å². The molecule has 28 heavy (non-hydrogen) atoms. The summed E-state index contributed by atoms with van der Waals surface area (Å²) in [5.74, 6) is 0.216. The standard InChI is InChI=1S/C20H16ClN3O3S/c1-27-18-9-8-15(21)12-19(18)28(25,26)23-16-6-4-5-14(11-16)17-13-24-10-3-2-7-20(24)22-17/h2-13,23H,1H3. The molecule has 4 aromatic rings. The van der Waals surface area contributed by atoms with E-state index in [2.05, 4.69) is 9.71 Å². The first-order valence-electron chi connectivity index (χ1n) is 8.37. The van der Waals surface area contributed by atoms with Crippen molar-refractivity contribution in [3.05, 3.63) is 78.1 Å². The molecule has 0 aliphatic carbocycles. The lowest BCUT2D eigenvalue weighted by Gasteiger charge is -2.12. The Morgan fingerprint density at radius 3 is 2.71 bits per heavy atom. The average molecular weight is 414 g/mol. The number of fused-ring (bicyclic) bond motifs is 1. The van der Waals surface area contributed by atoms with E-state index < -0.39 is 10.0 Å². The molecule has 0 radical (unpaired) electrons. The van der Waals surface area contributed by atoms with Crippen molar-refractivity contribution in [3.63, 3.8) is 0 Å². The molecule has 2 heterocycles. The first-order valence-corrected chi connectivity index (χ1v) is 10.2. The fraction of sp³-hybridized carbons (Fsp3) is 0.0500. The number of rotatable bonds is 5. The topological polar surface area (TPSA) is 72.7 Å². The third-order valence-corrected chi connectivity index (χ3v) is 5.83. The zero-order chi connectivity index (χ0) is 19.7. The molecule has 4 rings (SSSR count). The highest BCUT2D eigenvalue weighted by molar-refractivity contribution is 7.92. The normalized spacial score (nSPS) is 11.5. The molecule has 0 aliphatic rings. The van der Waals surface area contributed by atoms with E-state index in [1.165, 1.54) is 19.2 Å². The zero-order valence-electron chi connectivity index (χ0n) is 14.8. The summed E-state index contributed by atoms with van der Waals surface area (Å²) < 4.78 is 35.4. The molecule has 0 saturated carbocycles. The molecule has 1 N–H and O–H groups in total. The number of imidazole rings is 1. The number of aromatic nitrogens is 2. The van der Waals surface area contributed by atoms with Gasteiger partial charge in [-0.15, -0.1) is 0 Å². The summed E-state index contributed by atoms with van der Waals surface area (Å²) in [6.45, 7) is 0. The minimum Gasteiger partial charge on any atom is -0.495 e. The van der Waals surface area contributed by atoms with Crippen molar-refractivity contribution in [2.24, 2.45) is 0 Å². The quantitative estimate of drug-likeness (QED) is 0.524. The van der Waals surface area contributed by atoms with E-state index >= 15 is 0 Å². The van der Waals surface area contributed by atoms with Crippen LogP contribution in [0.1, 0.15) is 0 Å². The molecule has 142 valence electrons. The van der Waals surface area contributed by atoms with Crippen molar-refractivity contribution in [1.82, 2.24) is 9.38 Å². The Morgan fingerprint density at radius 2 is 1.93 bits per heavy atom. The number of nitrogens with zero attached hydrogens (tertiary/aromatic N) is 2. The maximum Gasteiger partial charge on any atom is 0.265 e. The highest BCUT2D eigenvalue weighted by atomic mass is 35.5. The number of methoxy groups -OCH3 is 1. The van der Waals surface area contributed by atoms with Gasteiger partial charge in [-0.1, -0.05) is 29.8 Å². The Labute approximate surface area is 167 Å². The predicted octanol–water partition coefficient (Wildman–Crippen LogP) is 4.46. The zero-order valence-corrected chi connectivity index (χ0v) is 16.4. The van der Waals surface area contributed by atoms with Crippen LogP contribution in [0.25, 0.3) is 16.9 Å². The number of pyridine rings is 1. The number of anilines is 1. The van der Waals surface area contributed by atoms with E-state index in [-0.39, 0.29) is 10.6 Å². The summed E-state index contributed by atoms with van der Waals surface area (Å²) in [6, 6.07) is 17.2. The van der Waals surface area contributed by atoms with Crippen LogP contribution in [0.2, 0.25) is 5.02 Å². The largest absolute Gasteiger partial charge is 0.495 e. The Hall–Kier alpha value is -3.03. The second-order valence-electron chi connectivity index (χ2n) is 6.07. The molecule has 0 amide bonds. The fourth-order valence-electron chi connectivity index (χ4n) is 2.89. The number of benzene rings is 2. The second kappa shape index (κ2) is 7.18. The highest BCUT2D eigenvalue weighted by Crippen LogP contribution is 2.30. The first kappa shape index (κ1) is 18.3. The van der Waals surface area contributed by atoms with E-state index in [1.807, 2.05) is 41.1 Å². The van der Waals surface area contributed by atoms with E-state index in [0.717, 1.165) is 16.9 Å². The molecular formula is C20H16ClN3O3S. The lowest BCUT2D eigenvalue weighted by molar-refractivity contribution is 0.403. The Kier molecular flexibility index (Phi) is 4.70. The minimum atomic E-state index is -3.89. The van der Waals surface area contributed by atoms with Gasteiger partial charge >= 0.3 is 0 Å². The first-order chi connectivity index (χ1) is 13.5. The number of halogens is 1. The molecule has 0 fully saturated rings. The summed E-state index contributed by atoms with van der Waals surface area (Å²) in [6.07, 6.45) is 3.80. The van der Waals surface area contributed by atoms with Gasteiger partial charge in [0.1, 0.15) is 16.3 Å². The van der Waals surface area contributed by atoms with E-state index in [0.29, 0.717) is 10.7 Å². The van der Waals surface area contributed by atoms with Crippen molar-refractivity contribution >= 4 is 33.0 Å². The maximum absolute atomic E-state index is 12.9. The van der Waals surface area contributed by atoms with Crippen LogP contribution < -0.4 is 9.46 Å². The summed E-state index contributed by atoms with van der Waals surface area (Å²) >= 11 is 5.97. The molecule has 2 aromatic carbocycles. The third kappa shape index (κ3) is 3.54. The molecule has 0 bridgehead atoms. The van der Waals surface area contributed by atoms with Crippen LogP contribution in [-0.2, 0) is 10.0 Å². The predicted molar refractivity (Wildman–Crippen MR) is 109 cm³/mol. The molecule has 8 heteroatoms. The van der Waals surface area contributed by atoms with Crippen LogP contribution in [-0.4, -0.2) is 24.9 Å². The molecule has 0 atom stereocenters. The van der Waals surface area contributed by atoms with Crippen LogP contribution in [0.3, 0.4) is 0 Å². The summed E-state index contributed by atoms with van der Waals surface area (Å²) in [5.41, 5.74) is 2.76. The number of sulfonamides is 1. The van der Waals surface area contributed by atoms with Gasteiger partial charge in [-0.3, -0.25) is 4.72 Å². The molecule has 2 aromatic heterocycles. The fourth-order valence-corrected chi connectivity index (χ4v) is 4.37. The average Bonchev–Trinajstić information content (AvgIpc) is 3.12. The van der Waals surface area contributed by atoms with Crippen molar-refractivity contribution < 1.29 is 13.2 Å². The van der Waals surface area contributed by atoms with Crippen LogP contribution in [0.4, 0.5) is 5.69 Å². The lowest BCUT2D eigenvalue weighted by atomic mass is 10.1. The maximum atomic E-state index is 12.9. The van der Waals surface area contributed by atoms with Crippen molar-refractivity contribution in [1.29, 1.82) is 0 Å². The van der Waals surface area contributed by atoms with Gasteiger partial charge in [-0.05, 0) is 42.5 Å². The molecule has 0 spiro atoms. The number of hydrogen-bond donors (Lipinski definition) is 1. The Morgan fingerprint density at radius 1 is 1.07 bits per heavy atom. The summed E-state index contributed by atoms with van der Waals surface area (Å²) in [4.78, 5) is 4.54. The van der Waals surface area contributed by atoms with E-state index in [1.54, 1.807) is 24.3 Å². The third-order valence-electron chi connectivity index (χ3n) is 4.19. The Balaban J connectivity index is 1.69. The molecule has 6 nitrogen and oxygen atoms in total. The smallest absolute Gasteiger partial charge is 0.265 e. The highest BCUT2D eigenvalue weighted by Gasteiger charge is 2.20. The molecule has 0 saturated heterocycles. The minimum absolute atomic E-state index is 0.0272. The van der Waals surface area contributed by atoms with Gasteiger partial charge in [0, 0.05) is 28.7 Å². The monoisotopic (exact) mass is 413 g/mol. The van der Waals surface area contributed by atoms with Gasteiger partial charge < -0.3 is 9.14 Å². The van der Waals surface area contributed by atoms with Crippen molar-refractivity contribution in [2.75, 3.05) is 11.8 Å². The molecule has 0 aliphatic heterocycles. The van der Waals surface area contributed by atoms with Gasteiger partial charge in [0.2, 0.25) is 0 Å². The Bertz CT molecular complexity index is 1240. The van der Waals surface area contributed by atoms with Crippen molar-refractivity contribution in [2.45, 2.75) is 4.90 Å². The van der Waals surface area contributed by atoms with Crippen LogP contribution >= 0.6 is 11.6 Å².